The maximum Gasteiger partial charge on any atom is 0.336 e. The zero-order valence-corrected chi connectivity index (χ0v) is 17.6. The summed E-state index contributed by atoms with van der Waals surface area (Å²) in [6, 6.07) is 1.90. The van der Waals surface area contributed by atoms with Crippen molar-refractivity contribution < 1.29 is 0 Å². The number of nitriles is 2. The smallest absolute Gasteiger partial charge is 0.312 e. The van der Waals surface area contributed by atoms with Gasteiger partial charge in [-0.2, -0.15) is 10.5 Å². The third-order valence-electron chi connectivity index (χ3n) is 5.56. The van der Waals surface area contributed by atoms with E-state index >= 15 is 0 Å². The van der Waals surface area contributed by atoms with Gasteiger partial charge < -0.3 is 5.32 Å². The number of nitrogens with zero attached hydrogens (tertiary/aromatic N) is 5. The van der Waals surface area contributed by atoms with E-state index in [-0.39, 0.29) is 6.04 Å². The minimum Gasteiger partial charge on any atom is -0.312 e. The molecule has 0 aromatic carbocycles. The lowest BCUT2D eigenvalue weighted by Crippen LogP contribution is -2.59. The van der Waals surface area contributed by atoms with Crippen LogP contribution in [0.3, 0.4) is 0 Å². The summed E-state index contributed by atoms with van der Waals surface area (Å²) in [6.07, 6.45) is 0. The van der Waals surface area contributed by atoms with Gasteiger partial charge in [0.25, 0.3) is 0 Å². The van der Waals surface area contributed by atoms with Crippen molar-refractivity contribution >= 4 is 0 Å². The Hall–Kier alpha value is -2.65. The number of nitrogens with one attached hydrogen (secondary N) is 1. The normalized spacial score (nSPS) is 17.6. The second-order valence-electron chi connectivity index (χ2n) is 7.36. The highest BCUT2D eigenvalue weighted by Gasteiger charge is 2.29. The van der Waals surface area contributed by atoms with Gasteiger partial charge >= 0.3 is 17.1 Å². The Balaban J connectivity index is 3.95. The molecule has 0 amide bonds. The fourth-order valence-electron chi connectivity index (χ4n) is 3.02. The van der Waals surface area contributed by atoms with Crippen LogP contribution in [-0.4, -0.2) is 26.3 Å². The van der Waals surface area contributed by atoms with Crippen molar-refractivity contribution in [1.82, 2.24) is 19.0 Å². The highest BCUT2D eigenvalue weighted by molar-refractivity contribution is 4.95. The summed E-state index contributed by atoms with van der Waals surface area (Å²) in [5.41, 5.74) is -2.27. The lowest BCUT2D eigenvalue weighted by molar-refractivity contribution is 0.292. The average molecular weight is 390 g/mol. The van der Waals surface area contributed by atoms with Crippen molar-refractivity contribution in [2.24, 2.45) is 11.8 Å². The van der Waals surface area contributed by atoms with Crippen molar-refractivity contribution in [2.45, 2.75) is 72.6 Å². The third kappa shape index (κ3) is 4.26. The maximum atomic E-state index is 13.1. The Morgan fingerprint density at radius 2 is 1.07 bits per heavy atom. The molecule has 9 heteroatoms. The summed E-state index contributed by atoms with van der Waals surface area (Å²) in [6.45, 7) is 12.6. The minimum atomic E-state index is -0.793. The predicted molar refractivity (Wildman–Crippen MR) is 106 cm³/mol. The zero-order valence-electron chi connectivity index (χ0n) is 17.6. The third-order valence-corrected chi connectivity index (χ3v) is 5.56. The van der Waals surface area contributed by atoms with E-state index in [4.69, 9.17) is 0 Å². The van der Waals surface area contributed by atoms with E-state index < -0.39 is 47.0 Å². The molecule has 6 unspecified atom stereocenters. The first-order valence-corrected chi connectivity index (χ1v) is 9.57. The van der Waals surface area contributed by atoms with Crippen molar-refractivity contribution in [3.8, 4) is 12.1 Å². The van der Waals surface area contributed by atoms with E-state index in [0.29, 0.717) is 6.54 Å². The molecule has 1 heterocycles. The summed E-state index contributed by atoms with van der Waals surface area (Å²) in [4.78, 5) is 39.4. The molecule has 0 spiro atoms. The first-order chi connectivity index (χ1) is 13.0. The van der Waals surface area contributed by atoms with Crippen molar-refractivity contribution in [1.29, 1.82) is 10.5 Å². The Morgan fingerprint density at radius 1 is 0.750 bits per heavy atom. The lowest BCUT2D eigenvalue weighted by atomic mass is 10.0. The van der Waals surface area contributed by atoms with Gasteiger partial charge in [0.15, 0.2) is 0 Å². The van der Waals surface area contributed by atoms with Crippen LogP contribution in [0.2, 0.25) is 0 Å². The predicted octanol–water partition coefficient (Wildman–Crippen LogP) is 1.17. The van der Waals surface area contributed by atoms with Crippen molar-refractivity contribution in [3.05, 3.63) is 31.5 Å². The van der Waals surface area contributed by atoms with Gasteiger partial charge in [-0.05, 0) is 48.1 Å². The topological polar surface area (TPSA) is 126 Å². The molecule has 154 valence electrons. The molecule has 0 aliphatic heterocycles. The Labute approximate surface area is 164 Å². The summed E-state index contributed by atoms with van der Waals surface area (Å²) in [7, 11) is 0. The molecular weight excluding hydrogens is 360 g/mol. The Kier molecular flexibility index (Phi) is 7.95. The minimum absolute atomic E-state index is 0.206. The summed E-state index contributed by atoms with van der Waals surface area (Å²) < 4.78 is 2.98. The van der Waals surface area contributed by atoms with Gasteiger partial charge in [-0.15, -0.1) is 0 Å². The van der Waals surface area contributed by atoms with Gasteiger partial charge in [0.05, 0.1) is 42.1 Å². The molecule has 0 aliphatic carbocycles. The van der Waals surface area contributed by atoms with Gasteiger partial charge in [0, 0.05) is 6.04 Å². The monoisotopic (exact) mass is 390 g/mol. The molecule has 0 bridgehead atoms. The average Bonchev–Trinajstić information content (AvgIpc) is 2.66. The molecule has 9 nitrogen and oxygen atoms in total. The van der Waals surface area contributed by atoms with Crippen LogP contribution in [0.1, 0.15) is 66.6 Å². The van der Waals surface area contributed by atoms with Crippen LogP contribution < -0.4 is 22.4 Å². The van der Waals surface area contributed by atoms with Gasteiger partial charge in [-0.3, -0.25) is 0 Å². The fraction of sp³-hybridized carbons (Fsp3) is 0.737. The van der Waals surface area contributed by atoms with Crippen LogP contribution in [0.15, 0.2) is 14.4 Å². The standard InChI is InChI=1S/C19H30N6O3/c1-8-22-13(4)16(7)25-18(27)23(14(5)11(2)9-20)17(26)24(19(25)28)15(6)12(3)10-21/h11-16,22H,8H2,1-7H3. The zero-order chi connectivity index (χ0) is 21.8. The quantitative estimate of drug-likeness (QED) is 0.710. The van der Waals surface area contributed by atoms with E-state index in [1.54, 1.807) is 34.6 Å². The maximum absolute atomic E-state index is 13.1. The second kappa shape index (κ2) is 9.52. The van der Waals surface area contributed by atoms with E-state index in [9.17, 15) is 24.9 Å². The van der Waals surface area contributed by atoms with E-state index in [2.05, 4.69) is 5.32 Å². The fourth-order valence-corrected chi connectivity index (χ4v) is 3.02. The Bertz CT molecular complexity index is 881. The second-order valence-corrected chi connectivity index (χ2v) is 7.36. The highest BCUT2D eigenvalue weighted by atomic mass is 16.2. The van der Waals surface area contributed by atoms with Crippen LogP contribution in [-0.2, 0) is 0 Å². The van der Waals surface area contributed by atoms with Gasteiger partial charge in [0.2, 0.25) is 0 Å². The number of likely N-dealkylation sites (N-methyl/N-ethyl adjacent to an activating group) is 1. The van der Waals surface area contributed by atoms with Gasteiger partial charge in [0.1, 0.15) is 0 Å². The molecule has 1 aromatic heterocycles. The van der Waals surface area contributed by atoms with Gasteiger partial charge in [-0.25, -0.2) is 28.1 Å². The summed E-state index contributed by atoms with van der Waals surface area (Å²) >= 11 is 0. The molecule has 6 atom stereocenters. The lowest BCUT2D eigenvalue weighted by Gasteiger charge is -2.27. The van der Waals surface area contributed by atoms with E-state index in [0.717, 1.165) is 13.7 Å². The number of hydrogen-bond donors (Lipinski definition) is 1. The summed E-state index contributed by atoms with van der Waals surface area (Å²) in [5, 5.41) is 21.7. The van der Waals surface area contributed by atoms with Crippen LogP contribution >= 0.6 is 0 Å². The largest absolute Gasteiger partial charge is 0.336 e. The van der Waals surface area contributed by atoms with Crippen LogP contribution in [0.5, 0.6) is 0 Å². The molecule has 0 saturated heterocycles. The van der Waals surface area contributed by atoms with Crippen molar-refractivity contribution in [3.63, 3.8) is 0 Å². The van der Waals surface area contributed by atoms with Crippen LogP contribution in [0.25, 0.3) is 0 Å². The van der Waals surface area contributed by atoms with E-state index in [1.165, 1.54) is 0 Å². The Morgan fingerprint density at radius 3 is 1.36 bits per heavy atom. The number of aromatic nitrogens is 3. The molecule has 0 fully saturated rings. The molecular formula is C19H30N6O3. The molecule has 0 radical (unpaired) electrons. The number of hydrogen-bond acceptors (Lipinski definition) is 6. The molecule has 1 N–H and O–H groups in total. The van der Waals surface area contributed by atoms with Crippen molar-refractivity contribution in [2.75, 3.05) is 6.54 Å². The van der Waals surface area contributed by atoms with Gasteiger partial charge in [-0.1, -0.05) is 6.92 Å². The molecule has 1 aromatic rings. The summed E-state index contributed by atoms with van der Waals surface area (Å²) in [5.74, 6) is -1.23. The van der Waals surface area contributed by atoms with Crippen LogP contribution in [0.4, 0.5) is 0 Å². The first-order valence-electron chi connectivity index (χ1n) is 9.57. The van der Waals surface area contributed by atoms with Crippen LogP contribution in [0, 0.1) is 34.5 Å². The molecule has 28 heavy (non-hydrogen) atoms. The molecule has 0 aliphatic rings. The SMILES string of the molecule is CCNC(C)C(C)n1c(=O)n(C(C)C(C)C#N)c(=O)n(C(C)C(C)C#N)c1=O. The molecule has 1 rings (SSSR count). The number of rotatable bonds is 8. The first kappa shape index (κ1) is 23.4. The highest BCUT2D eigenvalue weighted by Crippen LogP contribution is 2.16. The van der Waals surface area contributed by atoms with E-state index in [1.807, 2.05) is 26.0 Å². The molecule has 0 saturated carbocycles.